The molecule has 0 bridgehead atoms. The zero-order chi connectivity index (χ0) is 9.97. The third-order valence-corrected chi connectivity index (χ3v) is 3.79. The van der Waals surface area contributed by atoms with Crippen LogP contribution in [0.15, 0.2) is 6.07 Å². The van der Waals surface area contributed by atoms with Crippen molar-refractivity contribution in [2.24, 2.45) is 0 Å². The minimum absolute atomic E-state index is 0. The van der Waals surface area contributed by atoms with Crippen molar-refractivity contribution in [3.05, 3.63) is 21.4 Å². The molecule has 2 nitrogen and oxygen atoms in total. The van der Waals surface area contributed by atoms with Crippen molar-refractivity contribution in [2.75, 3.05) is 13.1 Å². The van der Waals surface area contributed by atoms with E-state index < -0.39 is 0 Å². The molecule has 0 radical (unpaired) electrons. The van der Waals surface area contributed by atoms with Gasteiger partial charge in [0.1, 0.15) is 0 Å². The van der Waals surface area contributed by atoms with Crippen LogP contribution in [0.5, 0.6) is 0 Å². The van der Waals surface area contributed by atoms with Crippen LogP contribution in [0, 0.1) is 13.8 Å². The summed E-state index contributed by atoms with van der Waals surface area (Å²) in [4.78, 5) is 2.88. The molecule has 1 aromatic rings. The maximum atomic E-state index is 3.60. The highest BCUT2D eigenvalue weighted by molar-refractivity contribution is 7.12. The lowest BCUT2D eigenvalue weighted by atomic mass is 10.2. The van der Waals surface area contributed by atoms with Gasteiger partial charge in [0.25, 0.3) is 0 Å². The van der Waals surface area contributed by atoms with Gasteiger partial charge in [-0.2, -0.15) is 0 Å². The van der Waals surface area contributed by atoms with Crippen molar-refractivity contribution >= 4 is 23.7 Å². The fourth-order valence-electron chi connectivity index (χ4n) is 1.94. The van der Waals surface area contributed by atoms with Crippen LogP contribution in [0.4, 0.5) is 0 Å². The Morgan fingerprint density at radius 3 is 2.87 bits per heavy atom. The van der Waals surface area contributed by atoms with Crippen LogP contribution in [0.1, 0.15) is 21.7 Å². The molecule has 2 heterocycles. The van der Waals surface area contributed by atoms with Crippen molar-refractivity contribution in [1.29, 1.82) is 0 Å². The average molecular weight is 247 g/mol. The normalized spacial score (nSPS) is 20.3. The number of aryl methyl sites for hydroxylation is 2. The van der Waals surface area contributed by atoms with Crippen LogP contribution >= 0.6 is 23.7 Å². The van der Waals surface area contributed by atoms with Crippen molar-refractivity contribution < 1.29 is 0 Å². The first kappa shape index (κ1) is 13.0. The van der Waals surface area contributed by atoms with E-state index >= 15 is 0 Å². The Morgan fingerprint density at radius 2 is 2.33 bits per heavy atom. The number of thiophene rings is 1. The predicted octanol–water partition coefficient (Wildman–Crippen LogP) is 2.24. The van der Waals surface area contributed by atoms with Gasteiger partial charge in [-0.15, -0.1) is 23.7 Å². The van der Waals surface area contributed by atoms with Gasteiger partial charge in [-0.3, -0.25) is 0 Å². The molecule has 2 rings (SSSR count). The molecule has 0 aromatic carbocycles. The van der Waals surface area contributed by atoms with Gasteiger partial charge in [-0.25, -0.2) is 0 Å². The summed E-state index contributed by atoms with van der Waals surface area (Å²) >= 11 is 1.90. The summed E-state index contributed by atoms with van der Waals surface area (Å²) in [5.74, 6) is 0. The third-order valence-electron chi connectivity index (χ3n) is 2.79. The van der Waals surface area contributed by atoms with Crippen LogP contribution in [0.3, 0.4) is 0 Å². The van der Waals surface area contributed by atoms with Gasteiger partial charge in [0.05, 0.1) is 0 Å². The third kappa shape index (κ3) is 3.45. The van der Waals surface area contributed by atoms with Gasteiger partial charge in [-0.05, 0) is 38.4 Å². The van der Waals surface area contributed by atoms with Crippen LogP contribution < -0.4 is 10.6 Å². The van der Waals surface area contributed by atoms with E-state index in [1.54, 1.807) is 0 Å². The summed E-state index contributed by atoms with van der Waals surface area (Å²) in [7, 11) is 0. The van der Waals surface area contributed by atoms with Crippen LogP contribution in [-0.4, -0.2) is 19.1 Å². The lowest BCUT2D eigenvalue weighted by Gasteiger charge is -2.10. The van der Waals surface area contributed by atoms with Gasteiger partial charge in [-0.1, -0.05) is 0 Å². The lowest BCUT2D eigenvalue weighted by molar-refractivity contribution is 0.547. The monoisotopic (exact) mass is 246 g/mol. The highest BCUT2D eigenvalue weighted by Gasteiger charge is 2.13. The second-order valence-electron chi connectivity index (χ2n) is 4.01. The van der Waals surface area contributed by atoms with Gasteiger partial charge in [0.2, 0.25) is 0 Å². The summed E-state index contributed by atoms with van der Waals surface area (Å²) < 4.78 is 0. The molecule has 1 unspecified atom stereocenters. The molecule has 0 aliphatic carbocycles. The minimum Gasteiger partial charge on any atom is -0.315 e. The molecule has 1 fully saturated rings. The van der Waals surface area contributed by atoms with E-state index in [0.717, 1.165) is 13.1 Å². The molecule has 1 aliphatic rings. The largest absolute Gasteiger partial charge is 0.315 e. The van der Waals surface area contributed by atoms with Crippen molar-refractivity contribution in [3.63, 3.8) is 0 Å². The zero-order valence-corrected chi connectivity index (χ0v) is 10.9. The molecule has 1 atom stereocenters. The molecule has 0 saturated carbocycles. The van der Waals surface area contributed by atoms with E-state index in [0.29, 0.717) is 6.04 Å². The summed E-state index contributed by atoms with van der Waals surface area (Å²) in [6.45, 7) is 7.71. The molecule has 15 heavy (non-hydrogen) atoms. The maximum Gasteiger partial charge on any atom is 0.0219 e. The highest BCUT2D eigenvalue weighted by atomic mass is 35.5. The van der Waals surface area contributed by atoms with Crippen molar-refractivity contribution in [2.45, 2.75) is 32.9 Å². The van der Waals surface area contributed by atoms with Crippen LogP contribution in [0.2, 0.25) is 0 Å². The summed E-state index contributed by atoms with van der Waals surface area (Å²) in [5, 5.41) is 6.96. The molecular formula is C11H19ClN2S. The van der Waals surface area contributed by atoms with E-state index in [1.807, 2.05) is 11.3 Å². The number of nitrogens with one attached hydrogen (secondary N) is 2. The number of rotatable bonds is 3. The first-order chi connectivity index (χ1) is 6.75. The minimum atomic E-state index is 0. The summed E-state index contributed by atoms with van der Waals surface area (Å²) in [6.07, 6.45) is 1.27. The smallest absolute Gasteiger partial charge is 0.0219 e. The summed E-state index contributed by atoms with van der Waals surface area (Å²) in [6, 6.07) is 2.98. The zero-order valence-electron chi connectivity index (χ0n) is 9.30. The first-order valence-electron chi connectivity index (χ1n) is 5.25. The maximum absolute atomic E-state index is 3.60. The van der Waals surface area contributed by atoms with Crippen molar-refractivity contribution in [3.8, 4) is 0 Å². The molecule has 0 spiro atoms. The Bertz CT molecular complexity index is 306. The average Bonchev–Trinajstić information content (AvgIpc) is 2.72. The Hall–Kier alpha value is -0.0900. The molecule has 86 valence electrons. The fraction of sp³-hybridized carbons (Fsp3) is 0.636. The molecular weight excluding hydrogens is 228 g/mol. The van der Waals surface area contributed by atoms with Gasteiger partial charge in [0.15, 0.2) is 0 Å². The van der Waals surface area contributed by atoms with E-state index in [4.69, 9.17) is 0 Å². The topological polar surface area (TPSA) is 24.1 Å². The molecule has 1 saturated heterocycles. The Kier molecular flexibility index (Phi) is 5.06. The SMILES string of the molecule is Cc1cc(CNC2CCNC2)c(C)s1.Cl. The lowest BCUT2D eigenvalue weighted by Crippen LogP contribution is -2.30. The molecule has 1 aromatic heterocycles. The molecule has 1 aliphatic heterocycles. The fourth-order valence-corrected chi connectivity index (χ4v) is 2.89. The Labute approximate surface area is 102 Å². The molecule has 2 N–H and O–H groups in total. The number of halogens is 1. The summed E-state index contributed by atoms with van der Waals surface area (Å²) in [5.41, 5.74) is 1.47. The quantitative estimate of drug-likeness (QED) is 0.855. The van der Waals surface area contributed by atoms with Gasteiger partial charge in [0, 0.05) is 28.9 Å². The second-order valence-corrected chi connectivity index (χ2v) is 5.47. The number of hydrogen-bond donors (Lipinski definition) is 2. The van der Waals surface area contributed by atoms with E-state index in [-0.39, 0.29) is 12.4 Å². The Balaban J connectivity index is 0.00000112. The van der Waals surface area contributed by atoms with E-state index in [1.165, 1.54) is 28.3 Å². The van der Waals surface area contributed by atoms with E-state index in [2.05, 4.69) is 30.5 Å². The molecule has 4 heteroatoms. The number of hydrogen-bond acceptors (Lipinski definition) is 3. The molecule has 0 amide bonds. The van der Waals surface area contributed by atoms with Crippen molar-refractivity contribution in [1.82, 2.24) is 10.6 Å². The first-order valence-corrected chi connectivity index (χ1v) is 6.07. The van der Waals surface area contributed by atoms with Gasteiger partial charge >= 0.3 is 0 Å². The highest BCUT2D eigenvalue weighted by Crippen LogP contribution is 2.20. The predicted molar refractivity (Wildman–Crippen MR) is 69.2 cm³/mol. The van der Waals surface area contributed by atoms with Crippen LogP contribution in [-0.2, 0) is 6.54 Å². The Morgan fingerprint density at radius 1 is 1.53 bits per heavy atom. The second kappa shape index (κ2) is 5.85. The van der Waals surface area contributed by atoms with Crippen LogP contribution in [0.25, 0.3) is 0 Å². The van der Waals surface area contributed by atoms with Gasteiger partial charge < -0.3 is 10.6 Å². The standard InChI is InChI=1S/C11H18N2S.ClH/c1-8-5-10(9(2)14-8)6-13-11-3-4-12-7-11;/h5,11-13H,3-4,6-7H2,1-2H3;1H. The van der Waals surface area contributed by atoms with E-state index in [9.17, 15) is 0 Å².